The van der Waals surface area contributed by atoms with Crippen molar-refractivity contribution in [2.24, 2.45) is 0 Å². The molecule has 0 unspecified atom stereocenters. The number of rotatable bonds is 4. The molecule has 1 aliphatic heterocycles. The van der Waals surface area contributed by atoms with Gasteiger partial charge in [0.2, 0.25) is 0 Å². The molecule has 1 saturated heterocycles. The van der Waals surface area contributed by atoms with Crippen molar-refractivity contribution in [1.29, 1.82) is 0 Å². The van der Waals surface area contributed by atoms with Gasteiger partial charge in [0.25, 0.3) is 5.91 Å². The average Bonchev–Trinajstić information content (AvgIpc) is 2.92. The summed E-state index contributed by atoms with van der Waals surface area (Å²) in [5.74, 6) is -0.0647. The molecule has 0 spiro atoms. The van der Waals surface area contributed by atoms with Gasteiger partial charge < -0.3 is 15.1 Å². The molecule has 1 fully saturated rings. The largest absolute Gasteiger partial charge is 0.463 e. The molecule has 0 radical (unpaired) electrons. The van der Waals surface area contributed by atoms with Crippen LogP contribution < -0.4 is 10.6 Å². The molecular weight excluding hydrogens is 254 g/mol. The normalized spacial score (nSPS) is 16.4. The number of benzene rings is 1. The summed E-state index contributed by atoms with van der Waals surface area (Å²) in [6.45, 7) is 5.71. The van der Waals surface area contributed by atoms with E-state index in [4.69, 9.17) is 4.42 Å². The van der Waals surface area contributed by atoms with E-state index in [2.05, 4.69) is 15.5 Å². The summed E-state index contributed by atoms with van der Waals surface area (Å²) < 4.78 is 5.39. The summed E-state index contributed by atoms with van der Waals surface area (Å²) in [5, 5.41) is 7.15. The molecule has 2 aromatic rings. The van der Waals surface area contributed by atoms with Crippen molar-refractivity contribution in [3.8, 4) is 0 Å². The van der Waals surface area contributed by atoms with Gasteiger partial charge in [0.15, 0.2) is 0 Å². The molecule has 1 aromatic carbocycles. The van der Waals surface area contributed by atoms with Crippen molar-refractivity contribution in [2.45, 2.75) is 0 Å². The van der Waals surface area contributed by atoms with E-state index < -0.39 is 0 Å². The van der Waals surface area contributed by atoms with Crippen molar-refractivity contribution in [1.82, 2.24) is 15.5 Å². The number of hydrogen-bond donors (Lipinski definition) is 2. The Morgan fingerprint density at radius 1 is 1.30 bits per heavy atom. The summed E-state index contributed by atoms with van der Waals surface area (Å²) >= 11 is 0. The topological polar surface area (TPSA) is 57.5 Å². The third-order valence-corrected chi connectivity index (χ3v) is 3.65. The Labute approximate surface area is 117 Å². The van der Waals surface area contributed by atoms with Crippen LogP contribution in [0.1, 0.15) is 10.4 Å². The van der Waals surface area contributed by atoms with Crippen molar-refractivity contribution >= 4 is 16.9 Å². The number of nitrogens with zero attached hydrogens (tertiary/aromatic N) is 1. The Hall–Kier alpha value is -1.85. The predicted octanol–water partition coefficient (Wildman–Crippen LogP) is 1.07. The van der Waals surface area contributed by atoms with E-state index >= 15 is 0 Å². The second-order valence-electron chi connectivity index (χ2n) is 4.99. The number of nitrogens with one attached hydrogen (secondary N) is 2. The van der Waals surface area contributed by atoms with E-state index in [0.29, 0.717) is 12.1 Å². The molecule has 1 aliphatic rings. The summed E-state index contributed by atoms with van der Waals surface area (Å²) in [4.78, 5) is 14.5. The predicted molar refractivity (Wildman–Crippen MR) is 77.9 cm³/mol. The van der Waals surface area contributed by atoms with Crippen molar-refractivity contribution in [2.75, 3.05) is 39.3 Å². The van der Waals surface area contributed by atoms with Crippen LogP contribution in [0, 0.1) is 0 Å². The first kappa shape index (κ1) is 13.1. The molecule has 3 rings (SSSR count). The zero-order valence-electron chi connectivity index (χ0n) is 11.4. The Kier molecular flexibility index (Phi) is 3.99. The second kappa shape index (κ2) is 6.07. The van der Waals surface area contributed by atoms with Gasteiger partial charge in [0, 0.05) is 44.7 Å². The number of para-hydroxylation sites is 1. The van der Waals surface area contributed by atoms with Crippen LogP contribution in [-0.2, 0) is 0 Å². The highest BCUT2D eigenvalue weighted by molar-refractivity contribution is 6.05. The fourth-order valence-electron chi connectivity index (χ4n) is 2.51. The molecule has 2 heterocycles. The van der Waals surface area contributed by atoms with Crippen LogP contribution in [0.25, 0.3) is 11.0 Å². The van der Waals surface area contributed by atoms with E-state index in [1.165, 1.54) is 6.26 Å². The fourth-order valence-corrected chi connectivity index (χ4v) is 2.51. The van der Waals surface area contributed by atoms with Gasteiger partial charge in [-0.2, -0.15) is 0 Å². The zero-order valence-corrected chi connectivity index (χ0v) is 11.4. The smallest absolute Gasteiger partial charge is 0.255 e. The first-order valence-electron chi connectivity index (χ1n) is 7.02. The van der Waals surface area contributed by atoms with E-state index in [9.17, 15) is 4.79 Å². The molecule has 20 heavy (non-hydrogen) atoms. The van der Waals surface area contributed by atoms with E-state index in [1.54, 1.807) is 0 Å². The van der Waals surface area contributed by atoms with Gasteiger partial charge in [-0.25, -0.2) is 0 Å². The number of carbonyl (C=O) groups is 1. The van der Waals surface area contributed by atoms with Crippen LogP contribution in [0.5, 0.6) is 0 Å². The van der Waals surface area contributed by atoms with Gasteiger partial charge in [0.1, 0.15) is 11.8 Å². The number of fused-ring (bicyclic) bond motifs is 1. The highest BCUT2D eigenvalue weighted by Gasteiger charge is 2.14. The van der Waals surface area contributed by atoms with Crippen LogP contribution in [0.4, 0.5) is 0 Å². The first-order chi connectivity index (χ1) is 9.84. The minimum absolute atomic E-state index is 0.0647. The summed E-state index contributed by atoms with van der Waals surface area (Å²) in [6, 6.07) is 7.59. The lowest BCUT2D eigenvalue weighted by atomic mass is 10.1. The molecule has 2 N–H and O–H groups in total. The highest BCUT2D eigenvalue weighted by atomic mass is 16.3. The first-order valence-corrected chi connectivity index (χ1v) is 7.02. The lowest BCUT2D eigenvalue weighted by Crippen LogP contribution is -2.46. The minimum atomic E-state index is -0.0647. The van der Waals surface area contributed by atoms with Crippen molar-refractivity contribution in [3.63, 3.8) is 0 Å². The van der Waals surface area contributed by atoms with Gasteiger partial charge in [-0.05, 0) is 6.07 Å². The molecule has 0 saturated carbocycles. The van der Waals surface area contributed by atoms with Crippen LogP contribution in [-0.4, -0.2) is 50.1 Å². The van der Waals surface area contributed by atoms with Gasteiger partial charge in [-0.15, -0.1) is 0 Å². The Balaban J connectivity index is 1.56. The average molecular weight is 273 g/mol. The van der Waals surface area contributed by atoms with E-state index in [-0.39, 0.29) is 5.91 Å². The molecular formula is C15H19N3O2. The fraction of sp³-hybridized carbons (Fsp3) is 0.400. The summed E-state index contributed by atoms with van der Waals surface area (Å²) in [6.07, 6.45) is 1.53. The number of amides is 1. The van der Waals surface area contributed by atoms with E-state index in [0.717, 1.165) is 43.7 Å². The van der Waals surface area contributed by atoms with Gasteiger partial charge in [0.05, 0.1) is 5.56 Å². The number of hydrogen-bond acceptors (Lipinski definition) is 4. The van der Waals surface area contributed by atoms with Gasteiger partial charge >= 0.3 is 0 Å². The highest BCUT2D eigenvalue weighted by Crippen LogP contribution is 2.20. The zero-order chi connectivity index (χ0) is 13.8. The number of furan rings is 1. The molecule has 5 nitrogen and oxygen atoms in total. The van der Waals surface area contributed by atoms with Gasteiger partial charge in [-0.1, -0.05) is 18.2 Å². The maximum absolute atomic E-state index is 12.2. The monoisotopic (exact) mass is 273 g/mol. The second-order valence-corrected chi connectivity index (χ2v) is 4.99. The van der Waals surface area contributed by atoms with E-state index in [1.807, 2.05) is 24.3 Å². The lowest BCUT2D eigenvalue weighted by molar-refractivity contribution is 0.0948. The molecule has 0 atom stereocenters. The van der Waals surface area contributed by atoms with Crippen LogP contribution in [0.15, 0.2) is 34.9 Å². The number of piperazine rings is 1. The standard InChI is InChI=1S/C15H19N3O2/c19-15(17-7-10-18-8-5-16-6-9-18)13-11-20-14-4-2-1-3-12(13)14/h1-4,11,16H,5-10H2,(H,17,19). The molecule has 0 bridgehead atoms. The third-order valence-electron chi connectivity index (χ3n) is 3.65. The van der Waals surface area contributed by atoms with Gasteiger partial charge in [-0.3, -0.25) is 9.69 Å². The maximum atomic E-state index is 12.2. The molecule has 1 aromatic heterocycles. The number of carbonyl (C=O) groups excluding carboxylic acids is 1. The van der Waals surface area contributed by atoms with Crippen molar-refractivity contribution in [3.05, 3.63) is 36.1 Å². The summed E-state index contributed by atoms with van der Waals surface area (Å²) in [7, 11) is 0. The van der Waals surface area contributed by atoms with Crippen LogP contribution in [0.2, 0.25) is 0 Å². The minimum Gasteiger partial charge on any atom is -0.463 e. The molecule has 5 heteroatoms. The molecule has 1 amide bonds. The Morgan fingerprint density at radius 2 is 2.10 bits per heavy atom. The van der Waals surface area contributed by atoms with Crippen LogP contribution >= 0.6 is 0 Å². The maximum Gasteiger partial charge on any atom is 0.255 e. The lowest BCUT2D eigenvalue weighted by Gasteiger charge is -2.27. The van der Waals surface area contributed by atoms with Crippen LogP contribution in [0.3, 0.4) is 0 Å². The molecule has 0 aliphatic carbocycles. The van der Waals surface area contributed by atoms with Crippen molar-refractivity contribution < 1.29 is 9.21 Å². The SMILES string of the molecule is O=C(NCCN1CCNCC1)c1coc2ccccc12. The Morgan fingerprint density at radius 3 is 2.95 bits per heavy atom. The quantitative estimate of drug-likeness (QED) is 0.875. The third kappa shape index (κ3) is 2.84. The summed E-state index contributed by atoms with van der Waals surface area (Å²) in [5.41, 5.74) is 1.36. The Bertz CT molecular complexity index is 588. The molecule has 106 valence electrons.